The highest BCUT2D eigenvalue weighted by atomic mass is 16.5. The molecule has 21 heavy (non-hydrogen) atoms. The molecule has 3 rings (SSSR count). The van der Waals surface area contributed by atoms with Gasteiger partial charge in [0.05, 0.1) is 6.10 Å². The fraction of sp³-hybridized carbons (Fsp3) is 0.750. The monoisotopic (exact) mass is 290 g/mol. The van der Waals surface area contributed by atoms with Crippen LogP contribution in [0.15, 0.2) is 6.07 Å². The normalized spacial score (nSPS) is 23.9. The van der Waals surface area contributed by atoms with Gasteiger partial charge in [-0.15, -0.1) is 0 Å². The standard InChI is InChI=1S/C16H26N4O/c1-11(2)21-14-9-12(3)18-15(20-14)19-13-5-8-17-16(10-13)6-4-7-16/h9,11,13,17H,4-8,10H2,1-3H3,(H,18,19,20). The number of aryl methyl sites for hydroxylation is 1. The zero-order valence-electron chi connectivity index (χ0n) is 13.3. The third-order valence-corrected chi connectivity index (χ3v) is 4.46. The van der Waals surface area contributed by atoms with E-state index < -0.39 is 0 Å². The lowest BCUT2D eigenvalue weighted by Gasteiger charge is -2.48. The molecule has 0 bridgehead atoms. The first-order chi connectivity index (χ1) is 10.0. The molecule has 2 heterocycles. The average Bonchev–Trinajstić information content (AvgIpc) is 2.35. The van der Waals surface area contributed by atoms with Gasteiger partial charge in [-0.3, -0.25) is 0 Å². The van der Waals surface area contributed by atoms with Gasteiger partial charge in [0.25, 0.3) is 0 Å². The topological polar surface area (TPSA) is 59.1 Å². The van der Waals surface area contributed by atoms with Crippen molar-refractivity contribution in [2.45, 2.75) is 70.6 Å². The SMILES string of the molecule is Cc1cc(OC(C)C)nc(NC2CCNC3(CCC3)C2)n1. The van der Waals surface area contributed by atoms with Crippen molar-refractivity contribution < 1.29 is 4.74 Å². The first kappa shape index (κ1) is 14.6. The van der Waals surface area contributed by atoms with Gasteiger partial charge < -0.3 is 15.4 Å². The lowest BCUT2D eigenvalue weighted by molar-refractivity contribution is 0.135. The first-order valence-corrected chi connectivity index (χ1v) is 8.09. The van der Waals surface area contributed by atoms with Crippen molar-refractivity contribution in [2.75, 3.05) is 11.9 Å². The molecular formula is C16H26N4O. The van der Waals surface area contributed by atoms with Crippen molar-refractivity contribution in [1.29, 1.82) is 0 Å². The first-order valence-electron chi connectivity index (χ1n) is 8.09. The van der Waals surface area contributed by atoms with E-state index in [1.165, 1.54) is 25.7 Å². The second-order valence-corrected chi connectivity index (χ2v) is 6.73. The number of piperidine rings is 1. The Kier molecular flexibility index (Phi) is 4.02. The Morgan fingerprint density at radius 3 is 2.86 bits per heavy atom. The average molecular weight is 290 g/mol. The number of hydrogen-bond acceptors (Lipinski definition) is 5. The number of ether oxygens (including phenoxy) is 1. The molecule has 1 atom stereocenters. The number of rotatable bonds is 4. The molecule has 1 aromatic rings. The zero-order valence-corrected chi connectivity index (χ0v) is 13.3. The lowest BCUT2D eigenvalue weighted by Crippen LogP contribution is -2.58. The molecule has 2 fully saturated rings. The minimum atomic E-state index is 0.129. The van der Waals surface area contributed by atoms with Gasteiger partial charge in [0.1, 0.15) is 0 Å². The molecule has 1 aliphatic heterocycles. The molecule has 0 radical (unpaired) electrons. The van der Waals surface area contributed by atoms with Gasteiger partial charge in [0, 0.05) is 23.3 Å². The van der Waals surface area contributed by atoms with Crippen LogP contribution in [0.2, 0.25) is 0 Å². The fourth-order valence-electron chi connectivity index (χ4n) is 3.35. The maximum absolute atomic E-state index is 5.69. The molecule has 1 saturated heterocycles. The van der Waals surface area contributed by atoms with Crippen LogP contribution >= 0.6 is 0 Å². The van der Waals surface area contributed by atoms with Crippen molar-refractivity contribution in [3.8, 4) is 5.88 Å². The number of aromatic nitrogens is 2. The molecule has 2 aliphatic rings. The van der Waals surface area contributed by atoms with Crippen molar-refractivity contribution >= 4 is 5.95 Å². The van der Waals surface area contributed by atoms with Gasteiger partial charge >= 0.3 is 0 Å². The molecule has 1 aromatic heterocycles. The van der Waals surface area contributed by atoms with E-state index in [0.717, 1.165) is 18.7 Å². The number of nitrogens with one attached hydrogen (secondary N) is 2. The van der Waals surface area contributed by atoms with Crippen LogP contribution in [0.5, 0.6) is 5.88 Å². The summed E-state index contributed by atoms with van der Waals surface area (Å²) in [5.41, 5.74) is 1.33. The molecule has 116 valence electrons. The lowest BCUT2D eigenvalue weighted by atomic mass is 9.70. The Bertz CT molecular complexity index is 499. The summed E-state index contributed by atoms with van der Waals surface area (Å²) in [4.78, 5) is 9.00. The number of nitrogens with zero attached hydrogens (tertiary/aromatic N) is 2. The molecule has 0 amide bonds. The molecular weight excluding hydrogens is 264 g/mol. The summed E-state index contributed by atoms with van der Waals surface area (Å²) in [5.74, 6) is 1.36. The largest absolute Gasteiger partial charge is 0.475 e. The molecule has 1 unspecified atom stereocenters. The highest BCUT2D eigenvalue weighted by Crippen LogP contribution is 2.38. The van der Waals surface area contributed by atoms with E-state index >= 15 is 0 Å². The van der Waals surface area contributed by atoms with Gasteiger partial charge in [0.15, 0.2) is 0 Å². The highest BCUT2D eigenvalue weighted by Gasteiger charge is 2.40. The molecule has 5 nitrogen and oxygen atoms in total. The predicted molar refractivity (Wildman–Crippen MR) is 83.8 cm³/mol. The van der Waals surface area contributed by atoms with E-state index in [-0.39, 0.29) is 6.10 Å². The summed E-state index contributed by atoms with van der Waals surface area (Å²) in [6.45, 7) is 7.09. The van der Waals surface area contributed by atoms with Crippen LogP contribution in [0.4, 0.5) is 5.95 Å². The summed E-state index contributed by atoms with van der Waals surface area (Å²) < 4.78 is 5.69. The maximum Gasteiger partial charge on any atom is 0.226 e. The summed E-state index contributed by atoms with van der Waals surface area (Å²) >= 11 is 0. The van der Waals surface area contributed by atoms with E-state index in [0.29, 0.717) is 23.4 Å². The summed E-state index contributed by atoms with van der Waals surface area (Å²) in [5, 5.41) is 7.21. The van der Waals surface area contributed by atoms with Crippen LogP contribution in [-0.2, 0) is 0 Å². The van der Waals surface area contributed by atoms with E-state index in [1.807, 2.05) is 26.8 Å². The number of hydrogen-bond donors (Lipinski definition) is 2. The summed E-state index contributed by atoms with van der Waals surface area (Å²) in [7, 11) is 0. The maximum atomic E-state index is 5.69. The molecule has 1 saturated carbocycles. The Morgan fingerprint density at radius 2 is 2.19 bits per heavy atom. The highest BCUT2D eigenvalue weighted by molar-refractivity contribution is 5.32. The van der Waals surface area contributed by atoms with Crippen LogP contribution in [-0.4, -0.2) is 34.2 Å². The zero-order chi connectivity index (χ0) is 14.9. The van der Waals surface area contributed by atoms with E-state index in [4.69, 9.17) is 4.74 Å². The van der Waals surface area contributed by atoms with Crippen molar-refractivity contribution in [2.24, 2.45) is 0 Å². The van der Waals surface area contributed by atoms with Crippen LogP contribution in [0.25, 0.3) is 0 Å². The summed E-state index contributed by atoms with van der Waals surface area (Å²) in [6, 6.07) is 2.35. The van der Waals surface area contributed by atoms with Gasteiger partial charge in [0.2, 0.25) is 11.8 Å². The number of anilines is 1. The Hall–Kier alpha value is -1.36. The van der Waals surface area contributed by atoms with E-state index in [2.05, 4.69) is 20.6 Å². The molecule has 2 N–H and O–H groups in total. The Morgan fingerprint density at radius 1 is 1.38 bits per heavy atom. The fourth-order valence-corrected chi connectivity index (χ4v) is 3.35. The van der Waals surface area contributed by atoms with Crippen LogP contribution in [0, 0.1) is 6.92 Å². The van der Waals surface area contributed by atoms with Crippen LogP contribution in [0.1, 0.15) is 51.6 Å². The van der Waals surface area contributed by atoms with Crippen LogP contribution in [0.3, 0.4) is 0 Å². The van der Waals surface area contributed by atoms with Gasteiger partial charge in [-0.2, -0.15) is 4.98 Å². The Labute approximate surface area is 126 Å². The third kappa shape index (κ3) is 3.46. The van der Waals surface area contributed by atoms with Crippen molar-refractivity contribution in [3.63, 3.8) is 0 Å². The van der Waals surface area contributed by atoms with E-state index in [9.17, 15) is 0 Å². The summed E-state index contributed by atoms with van der Waals surface area (Å²) in [6.07, 6.45) is 6.39. The molecule has 1 spiro atoms. The van der Waals surface area contributed by atoms with Gasteiger partial charge in [-0.05, 0) is 59.4 Å². The second kappa shape index (κ2) is 5.79. The minimum Gasteiger partial charge on any atom is -0.475 e. The van der Waals surface area contributed by atoms with E-state index in [1.54, 1.807) is 0 Å². The predicted octanol–water partition coefficient (Wildman–Crippen LogP) is 2.66. The minimum absolute atomic E-state index is 0.129. The quantitative estimate of drug-likeness (QED) is 0.893. The Balaban J connectivity index is 1.67. The molecule has 5 heteroatoms. The van der Waals surface area contributed by atoms with Gasteiger partial charge in [-0.1, -0.05) is 0 Å². The van der Waals surface area contributed by atoms with Gasteiger partial charge in [-0.25, -0.2) is 4.98 Å². The van der Waals surface area contributed by atoms with Crippen LogP contribution < -0.4 is 15.4 Å². The molecule has 0 aromatic carbocycles. The smallest absolute Gasteiger partial charge is 0.226 e. The van der Waals surface area contributed by atoms with Crippen molar-refractivity contribution in [3.05, 3.63) is 11.8 Å². The second-order valence-electron chi connectivity index (χ2n) is 6.73. The molecule has 1 aliphatic carbocycles. The van der Waals surface area contributed by atoms with Crippen molar-refractivity contribution in [1.82, 2.24) is 15.3 Å². The third-order valence-electron chi connectivity index (χ3n) is 4.46.